The average Bonchev–Trinajstić information content (AvgIpc) is 3.02. The Balaban J connectivity index is 1.62. The third kappa shape index (κ3) is 3.41. The van der Waals surface area contributed by atoms with Gasteiger partial charge in [0.05, 0.1) is 0 Å². The molecule has 1 atom stereocenters. The standard InChI is InChI=1S/C18H22FN3O4S/c1-18(6-7-18)5-4-12-8-11(9-20-12)13-2-3-14(23)17(16(13)19)22-10-15(24)21-27(22,25)26/h2-3,8,12,20,23H,4-7,9-10H2,1H3,(H,21,24)/t12-/m0/s1. The Morgan fingerprint density at radius 2 is 2.11 bits per heavy atom. The van der Waals surface area contributed by atoms with Crippen LogP contribution < -0.4 is 14.3 Å². The highest BCUT2D eigenvalue weighted by Gasteiger charge is 2.39. The second-order valence-corrected chi connectivity index (χ2v) is 9.46. The molecule has 2 aliphatic heterocycles. The highest BCUT2D eigenvalue weighted by Crippen LogP contribution is 2.49. The number of benzene rings is 1. The first kappa shape index (κ1) is 18.2. The van der Waals surface area contributed by atoms with E-state index < -0.39 is 39.9 Å². The maximum Gasteiger partial charge on any atom is 0.326 e. The van der Waals surface area contributed by atoms with Crippen molar-refractivity contribution in [1.29, 1.82) is 0 Å². The molecule has 1 saturated carbocycles. The molecule has 146 valence electrons. The fourth-order valence-corrected chi connectivity index (χ4v) is 4.79. The van der Waals surface area contributed by atoms with Crippen LogP contribution in [0.1, 0.15) is 38.2 Å². The molecule has 4 rings (SSSR count). The molecule has 2 heterocycles. The predicted molar refractivity (Wildman–Crippen MR) is 98.8 cm³/mol. The van der Waals surface area contributed by atoms with E-state index in [1.165, 1.54) is 25.0 Å². The number of carbonyl (C=O) groups is 1. The number of phenolic OH excluding ortho intramolecular Hbond substituents is 1. The number of hydrogen-bond acceptors (Lipinski definition) is 5. The Labute approximate surface area is 157 Å². The van der Waals surface area contributed by atoms with Gasteiger partial charge in [0.2, 0.25) is 0 Å². The number of carbonyl (C=O) groups excluding carboxylic acids is 1. The molecule has 2 fully saturated rings. The molecule has 0 spiro atoms. The minimum absolute atomic E-state index is 0.146. The van der Waals surface area contributed by atoms with Crippen molar-refractivity contribution in [2.24, 2.45) is 5.41 Å². The number of hydrogen-bond donors (Lipinski definition) is 3. The van der Waals surface area contributed by atoms with Crippen molar-refractivity contribution >= 4 is 27.4 Å². The Hall–Kier alpha value is -2.13. The van der Waals surface area contributed by atoms with Gasteiger partial charge in [-0.2, -0.15) is 8.42 Å². The molecule has 1 aromatic carbocycles. The summed E-state index contributed by atoms with van der Waals surface area (Å²) < 4.78 is 41.6. The van der Waals surface area contributed by atoms with E-state index in [-0.39, 0.29) is 11.6 Å². The fraction of sp³-hybridized carbons (Fsp3) is 0.500. The number of nitrogens with zero attached hydrogens (tertiary/aromatic N) is 1. The summed E-state index contributed by atoms with van der Waals surface area (Å²) in [5.74, 6) is -2.14. The second kappa shape index (κ2) is 6.20. The zero-order chi connectivity index (χ0) is 19.4. The molecule has 1 aliphatic carbocycles. The van der Waals surface area contributed by atoms with Crippen LogP contribution in [-0.2, 0) is 15.0 Å². The van der Waals surface area contributed by atoms with Crippen LogP contribution in [0.15, 0.2) is 18.2 Å². The maximum absolute atomic E-state index is 15.1. The first-order chi connectivity index (χ1) is 12.7. The summed E-state index contributed by atoms with van der Waals surface area (Å²) >= 11 is 0. The molecule has 7 nitrogen and oxygen atoms in total. The van der Waals surface area contributed by atoms with Crippen molar-refractivity contribution in [3.63, 3.8) is 0 Å². The Kier molecular flexibility index (Phi) is 4.19. The number of aromatic hydroxyl groups is 1. The summed E-state index contributed by atoms with van der Waals surface area (Å²) in [6, 6.07) is 2.84. The van der Waals surface area contributed by atoms with Crippen LogP contribution >= 0.6 is 0 Å². The Bertz CT molecular complexity index is 940. The van der Waals surface area contributed by atoms with Crippen molar-refractivity contribution in [1.82, 2.24) is 10.0 Å². The molecule has 9 heteroatoms. The largest absolute Gasteiger partial charge is 0.506 e. The van der Waals surface area contributed by atoms with Gasteiger partial charge in [-0.1, -0.05) is 13.0 Å². The van der Waals surface area contributed by atoms with Gasteiger partial charge < -0.3 is 10.4 Å². The molecule has 0 unspecified atom stereocenters. The fourth-order valence-electron chi connectivity index (χ4n) is 3.62. The SMILES string of the molecule is CC1(CC[C@H]2C=C(c3ccc(O)c(N4CC(=O)NS4(=O)=O)c3F)CN2)CC1. The maximum atomic E-state index is 15.1. The number of anilines is 1. The lowest BCUT2D eigenvalue weighted by Crippen LogP contribution is -2.30. The molecule has 3 aliphatic rings. The third-order valence-corrected chi connectivity index (χ3v) is 7.01. The lowest BCUT2D eigenvalue weighted by Gasteiger charge is -2.18. The third-order valence-electron chi connectivity index (χ3n) is 5.63. The number of amides is 1. The van der Waals surface area contributed by atoms with Gasteiger partial charge in [0.1, 0.15) is 18.0 Å². The summed E-state index contributed by atoms with van der Waals surface area (Å²) in [6.45, 7) is 2.17. The number of phenols is 1. The zero-order valence-corrected chi connectivity index (χ0v) is 15.8. The Morgan fingerprint density at radius 1 is 1.37 bits per heavy atom. The van der Waals surface area contributed by atoms with E-state index in [0.717, 1.165) is 18.4 Å². The van der Waals surface area contributed by atoms with Crippen LogP contribution in [-0.4, -0.2) is 38.6 Å². The van der Waals surface area contributed by atoms with E-state index in [4.69, 9.17) is 0 Å². The smallest absolute Gasteiger partial charge is 0.326 e. The van der Waals surface area contributed by atoms with Gasteiger partial charge in [0, 0.05) is 18.2 Å². The average molecular weight is 395 g/mol. The van der Waals surface area contributed by atoms with Crippen molar-refractivity contribution in [2.75, 3.05) is 17.4 Å². The van der Waals surface area contributed by atoms with E-state index in [1.54, 1.807) is 4.72 Å². The zero-order valence-electron chi connectivity index (χ0n) is 15.0. The minimum Gasteiger partial charge on any atom is -0.506 e. The van der Waals surface area contributed by atoms with E-state index in [2.05, 4.69) is 12.2 Å². The van der Waals surface area contributed by atoms with Gasteiger partial charge in [-0.3, -0.25) is 4.79 Å². The molecule has 1 amide bonds. The van der Waals surface area contributed by atoms with Gasteiger partial charge in [0.25, 0.3) is 5.91 Å². The molecule has 0 radical (unpaired) electrons. The summed E-state index contributed by atoms with van der Waals surface area (Å²) in [7, 11) is -4.20. The molecule has 1 aromatic rings. The van der Waals surface area contributed by atoms with Crippen LogP contribution in [0, 0.1) is 11.2 Å². The number of halogens is 1. The van der Waals surface area contributed by atoms with E-state index in [9.17, 15) is 18.3 Å². The van der Waals surface area contributed by atoms with Gasteiger partial charge in [-0.25, -0.2) is 13.4 Å². The van der Waals surface area contributed by atoms with Gasteiger partial charge in [-0.15, -0.1) is 0 Å². The topological polar surface area (TPSA) is 98.7 Å². The van der Waals surface area contributed by atoms with Crippen molar-refractivity contribution in [3.8, 4) is 5.75 Å². The predicted octanol–water partition coefficient (Wildman–Crippen LogP) is 1.65. The molecular weight excluding hydrogens is 373 g/mol. The van der Waals surface area contributed by atoms with Crippen LogP contribution in [0.2, 0.25) is 0 Å². The minimum atomic E-state index is -4.20. The second-order valence-electron chi connectivity index (χ2n) is 7.86. The van der Waals surface area contributed by atoms with Crippen LogP contribution in [0.4, 0.5) is 10.1 Å². The summed E-state index contributed by atoms with van der Waals surface area (Å²) in [5, 5.41) is 13.4. The summed E-state index contributed by atoms with van der Waals surface area (Å²) in [5.41, 5.74) is 0.889. The Morgan fingerprint density at radius 3 is 2.74 bits per heavy atom. The van der Waals surface area contributed by atoms with Crippen molar-refractivity contribution in [3.05, 3.63) is 29.6 Å². The van der Waals surface area contributed by atoms with Gasteiger partial charge in [-0.05, 0) is 48.8 Å². The molecule has 0 bridgehead atoms. The summed E-state index contributed by atoms with van der Waals surface area (Å²) in [6.07, 6.45) is 6.54. The summed E-state index contributed by atoms with van der Waals surface area (Å²) in [4.78, 5) is 11.4. The number of nitrogens with one attached hydrogen (secondary N) is 2. The van der Waals surface area contributed by atoms with Crippen LogP contribution in [0.5, 0.6) is 5.75 Å². The molecule has 0 aromatic heterocycles. The highest BCUT2D eigenvalue weighted by atomic mass is 32.2. The molecular formula is C18H22FN3O4S. The van der Waals surface area contributed by atoms with E-state index >= 15 is 4.39 Å². The van der Waals surface area contributed by atoms with E-state index in [0.29, 0.717) is 16.3 Å². The highest BCUT2D eigenvalue weighted by molar-refractivity contribution is 7.92. The van der Waals surface area contributed by atoms with Crippen LogP contribution in [0.25, 0.3) is 5.57 Å². The first-order valence-electron chi connectivity index (χ1n) is 8.98. The molecule has 1 saturated heterocycles. The lowest BCUT2D eigenvalue weighted by atomic mass is 9.98. The number of rotatable bonds is 5. The van der Waals surface area contributed by atoms with Crippen molar-refractivity contribution in [2.45, 2.75) is 38.6 Å². The van der Waals surface area contributed by atoms with Gasteiger partial charge >= 0.3 is 10.2 Å². The molecule has 3 N–H and O–H groups in total. The van der Waals surface area contributed by atoms with Gasteiger partial charge in [0.15, 0.2) is 5.82 Å². The molecule has 27 heavy (non-hydrogen) atoms. The van der Waals surface area contributed by atoms with E-state index in [1.807, 2.05) is 6.08 Å². The monoisotopic (exact) mass is 395 g/mol. The van der Waals surface area contributed by atoms with Crippen LogP contribution in [0.3, 0.4) is 0 Å². The quantitative estimate of drug-likeness (QED) is 0.704. The lowest BCUT2D eigenvalue weighted by molar-refractivity contribution is -0.117. The normalized spacial score (nSPS) is 25.4. The van der Waals surface area contributed by atoms with Crippen molar-refractivity contribution < 1.29 is 22.7 Å². The first-order valence-corrected chi connectivity index (χ1v) is 10.4.